The Morgan fingerprint density at radius 2 is 2.32 bits per heavy atom. The number of nitrogens with one attached hydrogen (secondary N) is 2. The van der Waals surface area contributed by atoms with Gasteiger partial charge >= 0.3 is 0 Å². The van der Waals surface area contributed by atoms with Crippen molar-refractivity contribution in [2.75, 3.05) is 10.7 Å². The number of nitrogens with two attached hydrogens (primary N) is 1. The van der Waals surface area contributed by atoms with Gasteiger partial charge in [0.15, 0.2) is 0 Å². The van der Waals surface area contributed by atoms with Crippen molar-refractivity contribution >= 4 is 33.3 Å². The number of aryl methyl sites for hydroxylation is 1. The van der Waals surface area contributed by atoms with Crippen LogP contribution in [0, 0.1) is 6.92 Å². The average molecular weight is 276 g/mol. The Balaban J connectivity index is 1.88. The van der Waals surface area contributed by atoms with E-state index >= 15 is 0 Å². The summed E-state index contributed by atoms with van der Waals surface area (Å²) >= 11 is 1.53. The van der Waals surface area contributed by atoms with Crippen molar-refractivity contribution in [3.05, 3.63) is 29.3 Å². The Bertz CT molecular complexity index is 706. The zero-order valence-electron chi connectivity index (χ0n) is 10.2. The second-order valence-corrected chi connectivity index (χ2v) is 4.79. The van der Waals surface area contributed by atoms with Crippen LogP contribution >= 0.6 is 11.3 Å². The highest BCUT2D eigenvalue weighted by Crippen LogP contribution is 2.26. The molecule has 3 aromatic heterocycles. The Morgan fingerprint density at radius 1 is 1.42 bits per heavy atom. The summed E-state index contributed by atoms with van der Waals surface area (Å²) in [5.74, 6) is 7.83. The first-order chi connectivity index (χ1) is 9.26. The van der Waals surface area contributed by atoms with E-state index in [2.05, 4.69) is 25.7 Å². The highest BCUT2D eigenvalue weighted by atomic mass is 32.1. The lowest BCUT2D eigenvalue weighted by Gasteiger charge is -2.06. The van der Waals surface area contributed by atoms with Crippen LogP contribution in [0.4, 0.5) is 11.8 Å². The number of hydrogen-bond acceptors (Lipinski definition) is 8. The molecule has 0 radical (unpaired) electrons. The molecule has 98 valence electrons. The average Bonchev–Trinajstić information content (AvgIpc) is 3.04. The molecule has 0 aliphatic rings. The fourth-order valence-corrected chi connectivity index (χ4v) is 2.46. The fraction of sp³-hybridized carbons (Fsp3) is 0.182. The number of thiophene rings is 1. The third-order valence-corrected chi connectivity index (χ3v) is 3.34. The summed E-state index contributed by atoms with van der Waals surface area (Å²) in [6, 6.07) is 1.96. The smallest absolute Gasteiger partial charge is 0.240 e. The maximum absolute atomic E-state index is 5.40. The third kappa shape index (κ3) is 2.35. The molecule has 3 aromatic rings. The lowest BCUT2D eigenvalue weighted by atomic mass is 10.4. The molecule has 0 fully saturated rings. The molecule has 0 aliphatic heterocycles. The first-order valence-corrected chi connectivity index (χ1v) is 6.51. The number of fused-ring (bicyclic) bond motifs is 1. The van der Waals surface area contributed by atoms with Crippen LogP contribution in [0.25, 0.3) is 10.2 Å². The predicted octanol–water partition coefficient (Wildman–Crippen LogP) is 1.89. The van der Waals surface area contributed by atoms with Gasteiger partial charge in [0, 0.05) is 0 Å². The van der Waals surface area contributed by atoms with E-state index in [-0.39, 0.29) is 0 Å². The van der Waals surface area contributed by atoms with Crippen molar-refractivity contribution in [2.45, 2.75) is 13.5 Å². The van der Waals surface area contributed by atoms with E-state index in [1.807, 2.05) is 18.4 Å². The molecule has 0 spiro atoms. The van der Waals surface area contributed by atoms with Crippen LogP contribution in [-0.4, -0.2) is 15.0 Å². The summed E-state index contributed by atoms with van der Waals surface area (Å²) in [4.78, 5) is 13.6. The number of oxazole rings is 1. The van der Waals surface area contributed by atoms with Gasteiger partial charge in [-0.1, -0.05) is 0 Å². The van der Waals surface area contributed by atoms with Gasteiger partial charge < -0.3 is 9.73 Å². The highest BCUT2D eigenvalue weighted by molar-refractivity contribution is 7.16. The molecule has 0 atom stereocenters. The molecule has 8 heteroatoms. The quantitative estimate of drug-likeness (QED) is 0.494. The number of rotatable bonds is 4. The minimum absolute atomic E-state index is 0.376. The molecular formula is C11H12N6OS. The molecule has 7 nitrogen and oxygen atoms in total. The molecule has 4 N–H and O–H groups in total. The topological polar surface area (TPSA) is 102 Å². The van der Waals surface area contributed by atoms with E-state index in [9.17, 15) is 0 Å². The fourth-order valence-electron chi connectivity index (χ4n) is 1.70. The molecule has 0 aromatic carbocycles. The van der Waals surface area contributed by atoms with Gasteiger partial charge in [-0.25, -0.2) is 15.8 Å². The maximum atomic E-state index is 5.40. The molecule has 3 heterocycles. The number of hydrazine groups is 1. The molecular weight excluding hydrogens is 264 g/mol. The van der Waals surface area contributed by atoms with Crippen molar-refractivity contribution in [3.8, 4) is 0 Å². The normalized spacial score (nSPS) is 10.8. The first kappa shape index (κ1) is 11.9. The molecule has 0 amide bonds. The van der Waals surface area contributed by atoms with Gasteiger partial charge in [0.1, 0.15) is 16.4 Å². The summed E-state index contributed by atoms with van der Waals surface area (Å²) in [7, 11) is 0. The van der Waals surface area contributed by atoms with E-state index < -0.39 is 0 Å². The largest absolute Gasteiger partial charge is 0.444 e. The SMILES string of the molecule is Cc1cnc(CNc2nc(NN)nc3sccc23)o1. The summed E-state index contributed by atoms with van der Waals surface area (Å²) in [5.41, 5.74) is 2.46. The van der Waals surface area contributed by atoms with Crippen molar-refractivity contribution in [1.82, 2.24) is 15.0 Å². The first-order valence-electron chi connectivity index (χ1n) is 5.63. The zero-order valence-corrected chi connectivity index (χ0v) is 11.0. The number of anilines is 2. The highest BCUT2D eigenvalue weighted by Gasteiger charge is 2.09. The number of nitrogens with zero attached hydrogens (tertiary/aromatic N) is 3. The van der Waals surface area contributed by atoms with E-state index in [0.717, 1.165) is 16.0 Å². The maximum Gasteiger partial charge on any atom is 0.240 e. The lowest BCUT2D eigenvalue weighted by Crippen LogP contribution is -2.12. The Labute approximate surface area is 112 Å². The molecule has 0 bridgehead atoms. The summed E-state index contributed by atoms with van der Waals surface area (Å²) in [6.07, 6.45) is 1.68. The molecule has 19 heavy (non-hydrogen) atoms. The van der Waals surface area contributed by atoms with Crippen LogP contribution in [0.5, 0.6) is 0 Å². The second-order valence-electron chi connectivity index (χ2n) is 3.90. The van der Waals surface area contributed by atoms with Gasteiger partial charge in [0.25, 0.3) is 0 Å². The standard InChI is InChI=1S/C11H12N6OS/c1-6-4-13-8(18-6)5-14-9-7-2-3-19-10(7)16-11(15-9)17-12/h2-4H,5,12H2,1H3,(H2,14,15,16,17). The van der Waals surface area contributed by atoms with E-state index in [1.165, 1.54) is 11.3 Å². The summed E-state index contributed by atoms with van der Waals surface area (Å²) < 4.78 is 5.40. The Morgan fingerprint density at radius 3 is 3.05 bits per heavy atom. The second kappa shape index (κ2) is 4.82. The van der Waals surface area contributed by atoms with Crippen LogP contribution in [0.15, 0.2) is 22.1 Å². The number of hydrogen-bond donors (Lipinski definition) is 3. The Hall–Kier alpha value is -2.19. The van der Waals surface area contributed by atoms with E-state index in [4.69, 9.17) is 10.3 Å². The molecule has 3 rings (SSSR count). The number of aromatic nitrogens is 3. The van der Waals surface area contributed by atoms with Gasteiger partial charge in [0.05, 0.1) is 18.1 Å². The summed E-state index contributed by atoms with van der Waals surface area (Å²) in [6.45, 7) is 2.31. The van der Waals surface area contributed by atoms with Gasteiger partial charge in [-0.2, -0.15) is 4.98 Å². The molecule has 0 unspecified atom stereocenters. The minimum Gasteiger partial charge on any atom is -0.444 e. The zero-order chi connectivity index (χ0) is 13.2. The van der Waals surface area contributed by atoms with Gasteiger partial charge in [-0.3, -0.25) is 5.43 Å². The van der Waals surface area contributed by atoms with Crippen LogP contribution in [0.1, 0.15) is 11.7 Å². The summed E-state index contributed by atoms with van der Waals surface area (Å²) in [5, 5.41) is 6.09. The van der Waals surface area contributed by atoms with Crippen LogP contribution in [0.2, 0.25) is 0 Å². The lowest BCUT2D eigenvalue weighted by molar-refractivity contribution is 0.479. The van der Waals surface area contributed by atoms with Gasteiger partial charge in [-0.15, -0.1) is 11.3 Å². The van der Waals surface area contributed by atoms with E-state index in [1.54, 1.807) is 6.20 Å². The van der Waals surface area contributed by atoms with Crippen molar-refractivity contribution in [2.24, 2.45) is 5.84 Å². The van der Waals surface area contributed by atoms with E-state index in [0.29, 0.717) is 24.2 Å². The van der Waals surface area contributed by atoms with Crippen molar-refractivity contribution in [1.29, 1.82) is 0 Å². The monoisotopic (exact) mass is 276 g/mol. The molecule has 0 saturated carbocycles. The molecule has 0 aliphatic carbocycles. The van der Waals surface area contributed by atoms with Gasteiger partial charge in [0.2, 0.25) is 11.8 Å². The van der Waals surface area contributed by atoms with Crippen LogP contribution < -0.4 is 16.6 Å². The van der Waals surface area contributed by atoms with Crippen molar-refractivity contribution < 1.29 is 4.42 Å². The van der Waals surface area contributed by atoms with Gasteiger partial charge in [-0.05, 0) is 18.4 Å². The minimum atomic E-state index is 0.376. The number of nitrogen functional groups attached to an aromatic ring is 1. The third-order valence-electron chi connectivity index (χ3n) is 2.53. The van der Waals surface area contributed by atoms with Crippen LogP contribution in [0.3, 0.4) is 0 Å². The van der Waals surface area contributed by atoms with Crippen molar-refractivity contribution in [3.63, 3.8) is 0 Å². The predicted molar refractivity (Wildman–Crippen MR) is 73.8 cm³/mol. The molecule has 0 saturated heterocycles. The van der Waals surface area contributed by atoms with Crippen LogP contribution in [-0.2, 0) is 6.54 Å². The Kier molecular flexibility index (Phi) is 3.02.